The zero-order valence-corrected chi connectivity index (χ0v) is 11.5. The summed E-state index contributed by atoms with van der Waals surface area (Å²) in [4.78, 5) is 6.66. The van der Waals surface area contributed by atoms with E-state index in [1.54, 1.807) is 0 Å². The van der Waals surface area contributed by atoms with Crippen molar-refractivity contribution in [3.63, 3.8) is 0 Å². The Kier molecular flexibility index (Phi) is 4.71. The van der Waals surface area contributed by atoms with Crippen LogP contribution >= 0.6 is 0 Å². The van der Waals surface area contributed by atoms with E-state index in [4.69, 9.17) is 4.74 Å². The lowest BCUT2D eigenvalue weighted by atomic mass is 10.1. The number of ether oxygens (including phenoxy) is 1. The van der Waals surface area contributed by atoms with E-state index in [-0.39, 0.29) is 6.61 Å². The second-order valence-corrected chi connectivity index (χ2v) is 4.44. The first-order valence-corrected chi connectivity index (χ1v) is 6.54. The molecule has 1 N–H and O–H groups in total. The number of likely N-dealkylation sites (N-methyl/N-ethyl adjacent to an activating group) is 1. The molecule has 2 rings (SSSR count). The van der Waals surface area contributed by atoms with Crippen molar-refractivity contribution in [2.24, 2.45) is 0 Å². The van der Waals surface area contributed by atoms with E-state index in [0.717, 1.165) is 28.8 Å². The summed E-state index contributed by atoms with van der Waals surface area (Å²) < 4.78 is 5.35. The van der Waals surface area contributed by atoms with Gasteiger partial charge in [0.05, 0.1) is 18.7 Å². The normalized spacial score (nSPS) is 10.9. The van der Waals surface area contributed by atoms with Gasteiger partial charge in [0.25, 0.3) is 0 Å². The van der Waals surface area contributed by atoms with E-state index in [9.17, 15) is 5.11 Å². The van der Waals surface area contributed by atoms with Gasteiger partial charge >= 0.3 is 0 Å². The molecule has 4 nitrogen and oxygen atoms in total. The van der Waals surface area contributed by atoms with Gasteiger partial charge in [0.2, 0.25) is 0 Å². The molecule has 0 saturated carbocycles. The molecular weight excluding hydrogens is 240 g/mol. The van der Waals surface area contributed by atoms with Crippen LogP contribution in [0.15, 0.2) is 30.3 Å². The molecule has 0 saturated heterocycles. The predicted octanol–water partition coefficient (Wildman–Crippen LogP) is 2.20. The van der Waals surface area contributed by atoms with Crippen LogP contribution in [0.2, 0.25) is 0 Å². The van der Waals surface area contributed by atoms with Crippen molar-refractivity contribution in [2.45, 2.75) is 13.5 Å². The first-order valence-electron chi connectivity index (χ1n) is 6.54. The van der Waals surface area contributed by atoms with Crippen LogP contribution in [0.3, 0.4) is 0 Å². The summed E-state index contributed by atoms with van der Waals surface area (Å²) in [5.41, 5.74) is 1.79. The Hall–Kier alpha value is -1.65. The molecule has 102 valence electrons. The first-order chi connectivity index (χ1) is 9.26. The van der Waals surface area contributed by atoms with E-state index in [1.807, 2.05) is 49.2 Å². The minimum Gasteiger partial charge on any atom is -0.392 e. The second kappa shape index (κ2) is 6.50. The Morgan fingerprint density at radius 2 is 2.11 bits per heavy atom. The zero-order valence-electron chi connectivity index (χ0n) is 11.5. The molecule has 1 aromatic carbocycles. The topological polar surface area (TPSA) is 45.6 Å². The molecule has 0 fully saturated rings. The maximum absolute atomic E-state index is 9.50. The van der Waals surface area contributed by atoms with Gasteiger partial charge in [0, 0.05) is 31.1 Å². The SMILES string of the molecule is CCOCCN(C)c1nc2ccccc2cc1CO. The quantitative estimate of drug-likeness (QED) is 0.809. The van der Waals surface area contributed by atoms with Crippen molar-refractivity contribution >= 4 is 16.7 Å². The van der Waals surface area contributed by atoms with Crippen LogP contribution in [0.1, 0.15) is 12.5 Å². The lowest BCUT2D eigenvalue weighted by Gasteiger charge is -2.21. The number of aliphatic hydroxyl groups is 1. The third kappa shape index (κ3) is 3.22. The highest BCUT2D eigenvalue weighted by atomic mass is 16.5. The van der Waals surface area contributed by atoms with Crippen LogP contribution in [0, 0.1) is 0 Å². The number of fused-ring (bicyclic) bond motifs is 1. The summed E-state index contributed by atoms with van der Waals surface area (Å²) in [6.07, 6.45) is 0. The minimum atomic E-state index is -0.00780. The van der Waals surface area contributed by atoms with Crippen molar-refractivity contribution < 1.29 is 9.84 Å². The van der Waals surface area contributed by atoms with Crippen molar-refractivity contribution in [1.29, 1.82) is 0 Å². The smallest absolute Gasteiger partial charge is 0.134 e. The lowest BCUT2D eigenvalue weighted by Crippen LogP contribution is -2.24. The highest BCUT2D eigenvalue weighted by molar-refractivity contribution is 5.81. The van der Waals surface area contributed by atoms with E-state index in [1.165, 1.54) is 0 Å². The number of rotatable bonds is 6. The Balaban J connectivity index is 2.29. The molecule has 0 unspecified atom stereocenters. The van der Waals surface area contributed by atoms with Crippen LogP contribution in [0.25, 0.3) is 10.9 Å². The van der Waals surface area contributed by atoms with Crippen molar-refractivity contribution in [3.05, 3.63) is 35.9 Å². The predicted molar refractivity (Wildman–Crippen MR) is 77.4 cm³/mol. The van der Waals surface area contributed by atoms with Gasteiger partial charge in [-0.3, -0.25) is 0 Å². The third-order valence-electron chi connectivity index (χ3n) is 3.09. The van der Waals surface area contributed by atoms with Crippen LogP contribution in [0.5, 0.6) is 0 Å². The average Bonchev–Trinajstić information content (AvgIpc) is 2.46. The van der Waals surface area contributed by atoms with Crippen LogP contribution < -0.4 is 4.90 Å². The average molecular weight is 260 g/mol. The van der Waals surface area contributed by atoms with Crippen molar-refractivity contribution in [2.75, 3.05) is 31.7 Å². The van der Waals surface area contributed by atoms with E-state index >= 15 is 0 Å². The van der Waals surface area contributed by atoms with Gasteiger partial charge in [0.15, 0.2) is 0 Å². The standard InChI is InChI=1S/C15H20N2O2/c1-3-19-9-8-17(2)15-13(11-18)10-12-6-4-5-7-14(12)16-15/h4-7,10,18H,3,8-9,11H2,1-2H3. The Labute approximate surface area is 113 Å². The summed E-state index contributed by atoms with van der Waals surface area (Å²) in [6.45, 7) is 4.10. The number of hydrogen-bond acceptors (Lipinski definition) is 4. The number of nitrogens with zero attached hydrogens (tertiary/aromatic N) is 2. The maximum Gasteiger partial charge on any atom is 0.134 e. The highest BCUT2D eigenvalue weighted by Gasteiger charge is 2.10. The number of aromatic nitrogens is 1. The fourth-order valence-corrected chi connectivity index (χ4v) is 2.05. The number of pyridine rings is 1. The number of aliphatic hydroxyl groups excluding tert-OH is 1. The van der Waals surface area contributed by atoms with E-state index < -0.39 is 0 Å². The minimum absolute atomic E-state index is 0.00780. The van der Waals surface area contributed by atoms with E-state index in [0.29, 0.717) is 13.2 Å². The zero-order chi connectivity index (χ0) is 13.7. The fourth-order valence-electron chi connectivity index (χ4n) is 2.05. The molecule has 0 radical (unpaired) electrons. The molecule has 1 heterocycles. The van der Waals surface area contributed by atoms with Crippen LogP contribution in [-0.4, -0.2) is 36.9 Å². The van der Waals surface area contributed by atoms with Crippen LogP contribution in [-0.2, 0) is 11.3 Å². The van der Waals surface area contributed by atoms with Gasteiger partial charge in [-0.2, -0.15) is 0 Å². The molecule has 4 heteroatoms. The Morgan fingerprint density at radius 1 is 1.32 bits per heavy atom. The van der Waals surface area contributed by atoms with Crippen molar-refractivity contribution in [3.8, 4) is 0 Å². The molecule has 0 spiro atoms. The number of benzene rings is 1. The fraction of sp³-hybridized carbons (Fsp3) is 0.400. The lowest BCUT2D eigenvalue weighted by molar-refractivity contribution is 0.154. The molecule has 0 amide bonds. The summed E-state index contributed by atoms with van der Waals surface area (Å²) in [5, 5.41) is 10.6. The van der Waals surface area contributed by atoms with Gasteiger partial charge in [-0.1, -0.05) is 18.2 Å². The third-order valence-corrected chi connectivity index (χ3v) is 3.09. The summed E-state index contributed by atoms with van der Waals surface area (Å²) in [5.74, 6) is 0.820. The maximum atomic E-state index is 9.50. The van der Waals surface area contributed by atoms with Gasteiger partial charge in [-0.05, 0) is 19.1 Å². The number of anilines is 1. The van der Waals surface area contributed by atoms with Crippen molar-refractivity contribution in [1.82, 2.24) is 4.98 Å². The van der Waals surface area contributed by atoms with Gasteiger partial charge in [-0.15, -0.1) is 0 Å². The molecule has 0 bridgehead atoms. The molecule has 0 aliphatic rings. The summed E-state index contributed by atoms with van der Waals surface area (Å²) >= 11 is 0. The van der Waals surface area contributed by atoms with Gasteiger partial charge < -0.3 is 14.7 Å². The molecule has 2 aromatic rings. The Morgan fingerprint density at radius 3 is 2.84 bits per heavy atom. The monoisotopic (exact) mass is 260 g/mol. The number of hydrogen-bond donors (Lipinski definition) is 1. The molecular formula is C15H20N2O2. The Bertz CT molecular complexity index is 543. The largest absolute Gasteiger partial charge is 0.392 e. The molecule has 1 aromatic heterocycles. The molecule has 19 heavy (non-hydrogen) atoms. The highest BCUT2D eigenvalue weighted by Crippen LogP contribution is 2.22. The molecule has 0 aliphatic carbocycles. The summed E-state index contributed by atoms with van der Waals surface area (Å²) in [7, 11) is 1.97. The molecule has 0 aliphatic heterocycles. The molecule has 0 atom stereocenters. The van der Waals surface area contributed by atoms with Gasteiger partial charge in [-0.25, -0.2) is 4.98 Å². The van der Waals surface area contributed by atoms with Gasteiger partial charge in [0.1, 0.15) is 5.82 Å². The first kappa shape index (κ1) is 13.8. The second-order valence-electron chi connectivity index (χ2n) is 4.44. The van der Waals surface area contributed by atoms with E-state index in [2.05, 4.69) is 4.98 Å². The van der Waals surface area contributed by atoms with Crippen LogP contribution in [0.4, 0.5) is 5.82 Å². The number of para-hydroxylation sites is 1. The summed E-state index contributed by atoms with van der Waals surface area (Å²) in [6, 6.07) is 9.93.